The van der Waals surface area contributed by atoms with E-state index in [1.807, 2.05) is 6.07 Å². The maximum absolute atomic E-state index is 14.0. The van der Waals surface area contributed by atoms with E-state index in [9.17, 15) is 8.78 Å². The smallest absolute Gasteiger partial charge is 0.220 e. The summed E-state index contributed by atoms with van der Waals surface area (Å²) in [5, 5.41) is 3.59. The maximum atomic E-state index is 14.0. The van der Waals surface area contributed by atoms with Crippen LogP contribution in [0.4, 0.5) is 8.78 Å². The molecule has 116 valence electrons. The lowest BCUT2D eigenvalue weighted by Crippen LogP contribution is -2.21. The molecule has 0 amide bonds. The standard InChI is InChI=1S/C17H16F2N2.ClH/c18-12-3-1-10(2-4-12)15-7-11(9-20-17(15)19)14-8-13-5-6-16(14)21-13;/h1-4,7,9,13-14,16,21H,5-6,8H2;1H. The zero-order valence-corrected chi connectivity index (χ0v) is 12.7. The fraction of sp³-hybridized carbons (Fsp3) is 0.353. The van der Waals surface area contributed by atoms with Crippen molar-refractivity contribution in [1.82, 2.24) is 10.3 Å². The van der Waals surface area contributed by atoms with Gasteiger partial charge in [-0.05, 0) is 48.6 Å². The second-order valence-electron chi connectivity index (χ2n) is 6.00. The Hall–Kier alpha value is -1.52. The first-order valence-electron chi connectivity index (χ1n) is 7.38. The van der Waals surface area contributed by atoms with Crippen LogP contribution in [0.3, 0.4) is 0 Å². The van der Waals surface area contributed by atoms with Crippen LogP contribution in [0.5, 0.6) is 0 Å². The first kappa shape index (κ1) is 15.4. The lowest BCUT2D eigenvalue weighted by Gasteiger charge is -2.20. The van der Waals surface area contributed by atoms with Crippen molar-refractivity contribution in [2.75, 3.05) is 0 Å². The molecule has 2 aliphatic heterocycles. The van der Waals surface area contributed by atoms with E-state index < -0.39 is 5.95 Å². The van der Waals surface area contributed by atoms with Gasteiger partial charge in [0.05, 0.1) is 0 Å². The number of nitrogens with zero attached hydrogens (tertiary/aromatic N) is 1. The molecule has 22 heavy (non-hydrogen) atoms. The van der Waals surface area contributed by atoms with E-state index in [4.69, 9.17) is 0 Å². The van der Waals surface area contributed by atoms with E-state index in [-0.39, 0.29) is 18.2 Å². The Labute approximate surface area is 134 Å². The fourth-order valence-electron chi connectivity index (χ4n) is 3.69. The predicted octanol–water partition coefficient (Wildman–Crippen LogP) is 4.06. The molecule has 1 N–H and O–H groups in total. The summed E-state index contributed by atoms with van der Waals surface area (Å²) in [6.45, 7) is 0. The molecule has 0 saturated carbocycles. The maximum Gasteiger partial charge on any atom is 0.220 e. The number of hydrogen-bond donors (Lipinski definition) is 1. The Kier molecular flexibility index (Phi) is 4.15. The zero-order valence-electron chi connectivity index (χ0n) is 11.9. The first-order valence-corrected chi connectivity index (χ1v) is 7.38. The minimum atomic E-state index is -0.499. The van der Waals surface area contributed by atoms with Gasteiger partial charge < -0.3 is 5.32 Å². The molecule has 0 aliphatic carbocycles. The van der Waals surface area contributed by atoms with Gasteiger partial charge in [-0.15, -0.1) is 12.4 Å². The van der Waals surface area contributed by atoms with E-state index in [1.165, 1.54) is 25.0 Å². The molecule has 2 saturated heterocycles. The van der Waals surface area contributed by atoms with E-state index in [2.05, 4.69) is 10.3 Å². The number of benzene rings is 1. The molecular formula is C17H17ClF2N2. The second kappa shape index (κ2) is 5.94. The SMILES string of the molecule is Cl.Fc1ccc(-c2cc(C3CC4CCC3N4)cnc2F)cc1. The normalized spacial score (nSPS) is 26.0. The molecule has 0 spiro atoms. The molecule has 2 aromatic rings. The lowest BCUT2D eigenvalue weighted by atomic mass is 9.84. The van der Waals surface area contributed by atoms with Crippen LogP contribution < -0.4 is 5.32 Å². The van der Waals surface area contributed by atoms with Crippen LogP contribution in [-0.4, -0.2) is 17.1 Å². The average Bonchev–Trinajstić information content (AvgIpc) is 3.12. The third-order valence-electron chi connectivity index (χ3n) is 4.74. The van der Waals surface area contributed by atoms with E-state index >= 15 is 0 Å². The van der Waals surface area contributed by atoms with Crippen LogP contribution in [-0.2, 0) is 0 Å². The van der Waals surface area contributed by atoms with E-state index in [0.29, 0.717) is 29.1 Å². The highest BCUT2D eigenvalue weighted by Crippen LogP contribution is 2.40. The first-order chi connectivity index (χ1) is 10.2. The Morgan fingerprint density at radius 1 is 1.09 bits per heavy atom. The summed E-state index contributed by atoms with van der Waals surface area (Å²) in [5.74, 6) is -0.405. The third kappa shape index (κ3) is 2.61. The molecular weight excluding hydrogens is 306 g/mol. The minimum Gasteiger partial charge on any atom is -0.311 e. The van der Waals surface area contributed by atoms with Crippen molar-refractivity contribution in [2.45, 2.75) is 37.3 Å². The summed E-state index contributed by atoms with van der Waals surface area (Å²) in [6, 6.07) is 8.85. The number of hydrogen-bond acceptors (Lipinski definition) is 2. The summed E-state index contributed by atoms with van der Waals surface area (Å²) in [6.07, 6.45) is 5.16. The molecule has 3 heterocycles. The number of nitrogens with one attached hydrogen (secondary N) is 1. The Balaban J connectivity index is 0.00000144. The summed E-state index contributed by atoms with van der Waals surface area (Å²) in [5.41, 5.74) is 2.20. The van der Waals surface area contributed by atoms with Crippen molar-refractivity contribution in [2.24, 2.45) is 0 Å². The Morgan fingerprint density at radius 3 is 2.50 bits per heavy atom. The molecule has 1 aromatic carbocycles. The molecule has 2 aliphatic rings. The van der Waals surface area contributed by atoms with Crippen molar-refractivity contribution < 1.29 is 8.78 Å². The molecule has 3 atom stereocenters. The van der Waals surface area contributed by atoms with Gasteiger partial charge in [0, 0.05) is 29.8 Å². The highest BCUT2D eigenvalue weighted by atomic mass is 35.5. The van der Waals surface area contributed by atoms with Gasteiger partial charge in [0.15, 0.2) is 0 Å². The zero-order chi connectivity index (χ0) is 14.4. The molecule has 4 rings (SSSR count). The molecule has 2 bridgehead atoms. The Bertz CT molecular complexity index is 675. The van der Waals surface area contributed by atoms with Crippen molar-refractivity contribution in [3.8, 4) is 11.1 Å². The topological polar surface area (TPSA) is 24.9 Å². The number of rotatable bonds is 2. The summed E-state index contributed by atoms with van der Waals surface area (Å²) in [4.78, 5) is 3.92. The van der Waals surface area contributed by atoms with Gasteiger partial charge in [-0.2, -0.15) is 4.39 Å². The van der Waals surface area contributed by atoms with Gasteiger partial charge in [0.25, 0.3) is 0 Å². The molecule has 3 unspecified atom stereocenters. The van der Waals surface area contributed by atoms with Crippen molar-refractivity contribution in [1.29, 1.82) is 0 Å². The van der Waals surface area contributed by atoms with Gasteiger partial charge >= 0.3 is 0 Å². The van der Waals surface area contributed by atoms with Crippen LogP contribution in [0.2, 0.25) is 0 Å². The molecule has 1 aromatic heterocycles. The predicted molar refractivity (Wildman–Crippen MR) is 84.1 cm³/mol. The lowest BCUT2D eigenvalue weighted by molar-refractivity contribution is 0.502. The molecule has 0 radical (unpaired) electrons. The highest BCUT2D eigenvalue weighted by molar-refractivity contribution is 5.85. The summed E-state index contributed by atoms with van der Waals surface area (Å²) >= 11 is 0. The van der Waals surface area contributed by atoms with E-state index in [1.54, 1.807) is 18.3 Å². The van der Waals surface area contributed by atoms with Crippen molar-refractivity contribution >= 4 is 12.4 Å². The molecule has 2 nitrogen and oxygen atoms in total. The number of pyridine rings is 1. The van der Waals surface area contributed by atoms with Crippen LogP contribution in [0, 0.1) is 11.8 Å². The molecule has 5 heteroatoms. The Morgan fingerprint density at radius 2 is 1.86 bits per heavy atom. The molecule has 2 fully saturated rings. The van der Waals surface area contributed by atoms with Crippen molar-refractivity contribution in [3.05, 3.63) is 53.9 Å². The fourth-order valence-corrected chi connectivity index (χ4v) is 3.69. The minimum absolute atomic E-state index is 0. The van der Waals surface area contributed by atoms with Crippen molar-refractivity contribution in [3.63, 3.8) is 0 Å². The van der Waals surface area contributed by atoms with Gasteiger partial charge in [-0.1, -0.05) is 12.1 Å². The summed E-state index contributed by atoms with van der Waals surface area (Å²) < 4.78 is 27.0. The second-order valence-corrected chi connectivity index (χ2v) is 6.00. The third-order valence-corrected chi connectivity index (χ3v) is 4.74. The largest absolute Gasteiger partial charge is 0.311 e. The average molecular weight is 323 g/mol. The van der Waals surface area contributed by atoms with E-state index in [0.717, 1.165) is 12.0 Å². The number of fused-ring (bicyclic) bond motifs is 2. The summed E-state index contributed by atoms with van der Waals surface area (Å²) in [7, 11) is 0. The quantitative estimate of drug-likeness (QED) is 0.844. The monoisotopic (exact) mass is 322 g/mol. The van der Waals surface area contributed by atoms with Crippen LogP contribution >= 0.6 is 12.4 Å². The van der Waals surface area contributed by atoms with Crippen LogP contribution in [0.25, 0.3) is 11.1 Å². The van der Waals surface area contributed by atoms with Crippen LogP contribution in [0.1, 0.15) is 30.7 Å². The van der Waals surface area contributed by atoms with Gasteiger partial charge in [-0.25, -0.2) is 9.37 Å². The van der Waals surface area contributed by atoms with Gasteiger partial charge in [0.2, 0.25) is 5.95 Å². The van der Waals surface area contributed by atoms with Crippen LogP contribution in [0.15, 0.2) is 36.5 Å². The number of halogens is 3. The van der Waals surface area contributed by atoms with Gasteiger partial charge in [-0.3, -0.25) is 0 Å². The highest BCUT2D eigenvalue weighted by Gasteiger charge is 2.39. The van der Waals surface area contributed by atoms with Gasteiger partial charge in [0.1, 0.15) is 5.82 Å². The number of aromatic nitrogens is 1.